The monoisotopic (exact) mass is 436 g/mol. The third-order valence-electron chi connectivity index (χ3n) is 5.76. The number of allylic oxidation sites excluding steroid dienone is 2. The molecule has 32 heavy (non-hydrogen) atoms. The van der Waals surface area contributed by atoms with Crippen molar-refractivity contribution in [2.24, 2.45) is 0 Å². The van der Waals surface area contributed by atoms with Gasteiger partial charge in [0.2, 0.25) is 0 Å². The molecule has 1 aromatic carbocycles. The Hall–Kier alpha value is -3.35. The number of esters is 2. The highest BCUT2D eigenvalue weighted by atomic mass is 16.7. The van der Waals surface area contributed by atoms with Gasteiger partial charge in [0.25, 0.3) is 0 Å². The highest BCUT2D eigenvalue weighted by Crippen LogP contribution is 2.37. The summed E-state index contributed by atoms with van der Waals surface area (Å²) in [6.45, 7) is 7.75. The average Bonchev–Trinajstić information content (AvgIpc) is 2.91. The molecule has 1 fully saturated rings. The topological polar surface area (TPSA) is 98.1 Å². The minimum atomic E-state index is -0.735. The zero-order valence-electron chi connectivity index (χ0n) is 19.0. The standard InChI is InChI=1S/C23H25BN2O6/c1-22(2)23(3,4)32-24(31-22)16-11-15(14-25)12-17(13-16)26-10-8-7-9-18(20(27)29-5)19(26)21(28)30-6/h7-13H,1-6H3. The summed E-state index contributed by atoms with van der Waals surface area (Å²) in [5.41, 5.74) is 0.233. The van der Waals surface area contributed by atoms with E-state index in [0.29, 0.717) is 16.7 Å². The predicted octanol–water partition coefficient (Wildman–Crippen LogP) is 2.35. The van der Waals surface area contributed by atoms with Crippen LogP contribution in [-0.4, -0.2) is 44.5 Å². The van der Waals surface area contributed by atoms with Gasteiger partial charge in [0.15, 0.2) is 0 Å². The van der Waals surface area contributed by atoms with Gasteiger partial charge in [-0.25, -0.2) is 9.59 Å². The van der Waals surface area contributed by atoms with E-state index in [-0.39, 0.29) is 11.3 Å². The molecule has 2 heterocycles. The number of methoxy groups -OCH3 is 2. The fourth-order valence-electron chi connectivity index (χ4n) is 3.32. The molecule has 0 amide bonds. The molecule has 1 aromatic rings. The van der Waals surface area contributed by atoms with Crippen molar-refractivity contribution in [3.05, 3.63) is 59.5 Å². The second-order valence-electron chi connectivity index (χ2n) is 8.33. The van der Waals surface area contributed by atoms with Crippen molar-refractivity contribution in [1.82, 2.24) is 0 Å². The molecule has 0 bridgehead atoms. The van der Waals surface area contributed by atoms with Gasteiger partial charge in [-0.1, -0.05) is 6.08 Å². The third kappa shape index (κ3) is 4.20. The predicted molar refractivity (Wildman–Crippen MR) is 119 cm³/mol. The molecule has 0 aliphatic carbocycles. The molecule has 8 nitrogen and oxygen atoms in total. The molecule has 0 N–H and O–H groups in total. The Kier molecular flexibility index (Phi) is 6.31. The number of ether oxygens (including phenoxy) is 2. The van der Waals surface area contributed by atoms with Crippen molar-refractivity contribution >= 4 is 30.2 Å². The molecule has 0 radical (unpaired) electrons. The summed E-state index contributed by atoms with van der Waals surface area (Å²) >= 11 is 0. The number of benzene rings is 1. The van der Waals surface area contributed by atoms with Crippen molar-refractivity contribution in [3.8, 4) is 6.07 Å². The van der Waals surface area contributed by atoms with Crippen LogP contribution in [0.4, 0.5) is 5.69 Å². The molecule has 3 rings (SSSR count). The second-order valence-corrected chi connectivity index (χ2v) is 8.33. The third-order valence-corrected chi connectivity index (χ3v) is 5.76. The van der Waals surface area contributed by atoms with Crippen LogP contribution < -0.4 is 10.4 Å². The first-order chi connectivity index (χ1) is 15.0. The maximum Gasteiger partial charge on any atom is 0.494 e. The molecular weight excluding hydrogens is 411 g/mol. The lowest BCUT2D eigenvalue weighted by atomic mass is 9.78. The van der Waals surface area contributed by atoms with Crippen LogP contribution in [0.2, 0.25) is 0 Å². The van der Waals surface area contributed by atoms with Gasteiger partial charge in [0.05, 0.1) is 42.6 Å². The summed E-state index contributed by atoms with van der Waals surface area (Å²) in [6, 6.07) is 7.15. The lowest BCUT2D eigenvalue weighted by Crippen LogP contribution is -2.41. The van der Waals surface area contributed by atoms with Gasteiger partial charge in [-0.3, -0.25) is 0 Å². The number of nitriles is 1. The van der Waals surface area contributed by atoms with Crippen molar-refractivity contribution in [1.29, 1.82) is 5.26 Å². The molecule has 2 aliphatic rings. The van der Waals surface area contributed by atoms with Crippen LogP contribution >= 0.6 is 0 Å². The molecule has 0 aromatic heterocycles. The van der Waals surface area contributed by atoms with Crippen molar-refractivity contribution < 1.29 is 28.4 Å². The minimum Gasteiger partial charge on any atom is -0.465 e. The number of rotatable bonds is 4. The number of nitrogens with zero attached hydrogens (tertiary/aromatic N) is 2. The second kappa shape index (κ2) is 8.65. The summed E-state index contributed by atoms with van der Waals surface area (Å²) in [4.78, 5) is 26.6. The molecule has 2 aliphatic heterocycles. The maximum atomic E-state index is 12.7. The number of carbonyl (C=O) groups is 2. The first-order valence-corrected chi connectivity index (χ1v) is 10.0. The largest absolute Gasteiger partial charge is 0.494 e. The summed E-state index contributed by atoms with van der Waals surface area (Å²) in [5, 5.41) is 9.63. The van der Waals surface area contributed by atoms with E-state index in [1.54, 1.807) is 36.6 Å². The fraction of sp³-hybridized carbons (Fsp3) is 0.348. The van der Waals surface area contributed by atoms with Gasteiger partial charge in [-0.2, -0.15) is 5.26 Å². The van der Waals surface area contributed by atoms with Crippen molar-refractivity contribution in [3.63, 3.8) is 0 Å². The molecule has 0 spiro atoms. The van der Waals surface area contributed by atoms with E-state index in [1.165, 1.54) is 25.2 Å². The van der Waals surface area contributed by atoms with Gasteiger partial charge in [0.1, 0.15) is 5.70 Å². The fourth-order valence-corrected chi connectivity index (χ4v) is 3.32. The average molecular weight is 436 g/mol. The maximum absolute atomic E-state index is 12.7. The minimum absolute atomic E-state index is 0.0175. The molecule has 1 saturated heterocycles. The quantitative estimate of drug-likeness (QED) is 0.524. The number of carbonyl (C=O) groups excluding carboxylic acids is 2. The van der Waals surface area contributed by atoms with E-state index in [0.717, 1.165) is 0 Å². The Morgan fingerprint density at radius 1 is 1.00 bits per heavy atom. The van der Waals surface area contributed by atoms with Crippen LogP contribution in [0.1, 0.15) is 33.3 Å². The van der Waals surface area contributed by atoms with Gasteiger partial charge in [-0.05, 0) is 63.5 Å². The summed E-state index contributed by atoms with van der Waals surface area (Å²) in [5.74, 6) is -1.43. The Balaban J connectivity index is 2.16. The van der Waals surface area contributed by atoms with E-state index in [1.807, 2.05) is 27.7 Å². The van der Waals surface area contributed by atoms with Crippen molar-refractivity contribution in [2.45, 2.75) is 38.9 Å². The zero-order valence-corrected chi connectivity index (χ0v) is 19.0. The molecule has 166 valence electrons. The first-order valence-electron chi connectivity index (χ1n) is 10.0. The van der Waals surface area contributed by atoms with Crippen LogP contribution in [0, 0.1) is 11.3 Å². The summed E-state index contributed by atoms with van der Waals surface area (Å²) in [7, 11) is 1.74. The van der Waals surface area contributed by atoms with Crippen LogP contribution in [0.25, 0.3) is 0 Å². The summed E-state index contributed by atoms with van der Waals surface area (Å²) in [6.07, 6.45) is 6.34. The number of anilines is 1. The number of hydrogen-bond donors (Lipinski definition) is 0. The SMILES string of the molecule is COC(=O)C1=C(C(=O)OC)N(c2cc(C#N)cc(B3OC(C)(C)C(C)(C)O3)c2)C=CC=C1. The molecular formula is C23H25BN2O6. The van der Waals surface area contributed by atoms with Crippen LogP contribution in [0.3, 0.4) is 0 Å². The Morgan fingerprint density at radius 2 is 1.62 bits per heavy atom. The lowest BCUT2D eigenvalue weighted by molar-refractivity contribution is -0.139. The smallest absolute Gasteiger partial charge is 0.465 e. The van der Waals surface area contributed by atoms with Gasteiger partial charge < -0.3 is 23.7 Å². The summed E-state index contributed by atoms with van der Waals surface area (Å²) < 4.78 is 22.0. The van der Waals surface area contributed by atoms with E-state index in [2.05, 4.69) is 6.07 Å². The van der Waals surface area contributed by atoms with Gasteiger partial charge in [0, 0.05) is 11.9 Å². The number of hydrogen-bond acceptors (Lipinski definition) is 8. The van der Waals surface area contributed by atoms with E-state index in [9.17, 15) is 14.9 Å². The molecule has 9 heteroatoms. The van der Waals surface area contributed by atoms with E-state index in [4.69, 9.17) is 18.8 Å². The van der Waals surface area contributed by atoms with Gasteiger partial charge >= 0.3 is 19.1 Å². The lowest BCUT2D eigenvalue weighted by Gasteiger charge is -2.32. The molecule has 0 unspecified atom stereocenters. The zero-order chi connectivity index (χ0) is 23.7. The van der Waals surface area contributed by atoms with Crippen molar-refractivity contribution in [2.75, 3.05) is 19.1 Å². The van der Waals surface area contributed by atoms with Crippen LogP contribution in [-0.2, 0) is 28.4 Å². The Bertz CT molecular complexity index is 1060. The molecule has 0 saturated carbocycles. The normalized spacial score (nSPS) is 18.9. The highest BCUT2D eigenvalue weighted by molar-refractivity contribution is 6.62. The highest BCUT2D eigenvalue weighted by Gasteiger charge is 2.51. The van der Waals surface area contributed by atoms with E-state index >= 15 is 0 Å². The van der Waals surface area contributed by atoms with E-state index < -0.39 is 30.3 Å². The first kappa shape index (κ1) is 23.3. The van der Waals surface area contributed by atoms with Crippen LogP contribution in [0.15, 0.2) is 53.9 Å². The van der Waals surface area contributed by atoms with Crippen LogP contribution in [0.5, 0.6) is 0 Å². The Morgan fingerprint density at radius 3 is 2.19 bits per heavy atom. The Labute approximate surface area is 187 Å². The molecule has 0 atom stereocenters. The van der Waals surface area contributed by atoms with Gasteiger partial charge in [-0.15, -0.1) is 0 Å².